The van der Waals surface area contributed by atoms with Crippen LogP contribution in [-0.4, -0.2) is 107 Å². The first kappa shape index (κ1) is 35.5. The Bertz CT molecular complexity index is 1870. The first-order chi connectivity index (χ1) is 24.8. The number of fused-ring (bicyclic) bond motifs is 4. The summed E-state index contributed by atoms with van der Waals surface area (Å²) in [6.45, 7) is 10.1. The molecule has 0 radical (unpaired) electrons. The van der Waals surface area contributed by atoms with Gasteiger partial charge in [-0.05, 0) is 89.0 Å². The molecule has 3 aromatic rings. The Balaban J connectivity index is 1.20. The van der Waals surface area contributed by atoms with Crippen LogP contribution in [0, 0.1) is 11.7 Å². The maximum Gasteiger partial charge on any atom is 0.410 e. The Morgan fingerprint density at radius 3 is 2.56 bits per heavy atom. The topological polar surface area (TPSA) is 102 Å². The monoisotopic (exact) mass is 740 g/mol. The number of methoxy groups -OCH3 is 1. The van der Waals surface area contributed by atoms with Gasteiger partial charge in [0.1, 0.15) is 41.2 Å². The fourth-order valence-corrected chi connectivity index (χ4v) is 9.30. The van der Waals surface area contributed by atoms with Crippen molar-refractivity contribution < 1.29 is 32.5 Å². The lowest BCUT2D eigenvalue weighted by atomic mass is 9.95. The minimum Gasteiger partial charge on any atom is -0.467 e. The fraction of sp³-hybridized carbons (Fsp3) is 0.632. The number of benzene rings is 1. The summed E-state index contributed by atoms with van der Waals surface area (Å²) in [4.78, 5) is 33.7. The highest BCUT2D eigenvalue weighted by Crippen LogP contribution is 2.53. The van der Waals surface area contributed by atoms with E-state index < -0.39 is 23.1 Å². The minimum absolute atomic E-state index is 0.00507. The van der Waals surface area contributed by atoms with E-state index in [-0.39, 0.29) is 54.7 Å². The zero-order valence-corrected chi connectivity index (χ0v) is 31.2. The second kappa shape index (κ2) is 13.4. The van der Waals surface area contributed by atoms with Gasteiger partial charge in [0.05, 0.1) is 23.0 Å². The number of pyridine rings is 1. The van der Waals surface area contributed by atoms with Crippen LogP contribution in [0.2, 0.25) is 5.02 Å². The number of rotatable bonds is 9. The lowest BCUT2D eigenvalue weighted by molar-refractivity contribution is 0.0122. The second-order valence-corrected chi connectivity index (χ2v) is 16.7. The minimum atomic E-state index is -0.918. The van der Waals surface area contributed by atoms with Crippen molar-refractivity contribution >= 4 is 34.4 Å². The Labute approximate surface area is 307 Å². The molecule has 52 heavy (non-hydrogen) atoms. The van der Waals surface area contributed by atoms with Crippen molar-refractivity contribution in [2.24, 2.45) is 5.92 Å². The van der Waals surface area contributed by atoms with Crippen molar-refractivity contribution in [2.75, 3.05) is 51.6 Å². The summed E-state index contributed by atoms with van der Waals surface area (Å²) in [6, 6.07) is 3.31. The van der Waals surface area contributed by atoms with E-state index in [2.05, 4.69) is 21.7 Å². The van der Waals surface area contributed by atoms with Gasteiger partial charge in [0.25, 0.3) is 0 Å². The average Bonchev–Trinajstić information content (AvgIpc) is 3.39. The predicted molar refractivity (Wildman–Crippen MR) is 192 cm³/mol. The Morgan fingerprint density at radius 1 is 1.12 bits per heavy atom. The van der Waals surface area contributed by atoms with E-state index in [1.54, 1.807) is 18.3 Å². The van der Waals surface area contributed by atoms with Gasteiger partial charge in [-0.15, -0.1) is 0 Å². The second-order valence-electron chi connectivity index (χ2n) is 16.3. The van der Waals surface area contributed by atoms with Gasteiger partial charge in [0.2, 0.25) is 0 Å². The molecule has 2 bridgehead atoms. The number of piperazine rings is 1. The van der Waals surface area contributed by atoms with Crippen LogP contribution in [0.25, 0.3) is 22.2 Å². The lowest BCUT2D eigenvalue weighted by Crippen LogP contribution is -2.57. The van der Waals surface area contributed by atoms with E-state index in [9.17, 15) is 9.18 Å². The number of carbonyl (C=O) groups excluding carboxylic acids is 1. The number of nitrogens with zero attached hydrogens (tertiary/aromatic N) is 6. The number of hydrogen-bond acceptors (Lipinski definition) is 10. The third kappa shape index (κ3) is 6.51. The van der Waals surface area contributed by atoms with Crippen LogP contribution in [0.15, 0.2) is 18.3 Å². The summed E-state index contributed by atoms with van der Waals surface area (Å²) in [5.74, 6) is 0.853. The van der Waals surface area contributed by atoms with Crippen LogP contribution < -0.4 is 14.4 Å². The normalized spacial score (nSPS) is 28.4. The molecule has 280 valence electrons. The van der Waals surface area contributed by atoms with E-state index in [1.807, 2.05) is 25.7 Å². The zero-order valence-electron chi connectivity index (χ0n) is 30.5. The maximum atomic E-state index is 17.2. The van der Waals surface area contributed by atoms with Gasteiger partial charge in [-0.1, -0.05) is 18.5 Å². The smallest absolute Gasteiger partial charge is 0.410 e. The van der Waals surface area contributed by atoms with Gasteiger partial charge in [0.15, 0.2) is 12.6 Å². The Kier molecular flexibility index (Phi) is 9.13. The van der Waals surface area contributed by atoms with Crippen molar-refractivity contribution in [3.8, 4) is 23.0 Å². The number of aromatic nitrogens is 3. The van der Waals surface area contributed by atoms with Crippen LogP contribution in [0.5, 0.6) is 11.8 Å². The highest BCUT2D eigenvalue weighted by atomic mass is 35.5. The van der Waals surface area contributed by atoms with Gasteiger partial charge in [-0.2, -0.15) is 9.97 Å². The van der Waals surface area contributed by atoms with E-state index in [0.29, 0.717) is 59.5 Å². The molecule has 0 spiro atoms. The van der Waals surface area contributed by atoms with Crippen LogP contribution >= 0.6 is 11.6 Å². The Morgan fingerprint density at radius 2 is 1.87 bits per heavy atom. The molecule has 1 saturated carbocycles. The van der Waals surface area contributed by atoms with Crippen molar-refractivity contribution in [1.29, 1.82) is 0 Å². The van der Waals surface area contributed by atoms with Crippen molar-refractivity contribution in [3.63, 3.8) is 0 Å². The van der Waals surface area contributed by atoms with Gasteiger partial charge in [0, 0.05) is 49.9 Å². The molecular formula is C38H47ClF2N6O5. The number of hydrogen-bond donors (Lipinski definition) is 0. The summed E-state index contributed by atoms with van der Waals surface area (Å²) < 4.78 is 54.8. The molecule has 8 rings (SSSR count). The molecule has 14 heteroatoms. The largest absolute Gasteiger partial charge is 0.467 e. The molecule has 1 aliphatic carbocycles. The van der Waals surface area contributed by atoms with Crippen molar-refractivity contribution in [3.05, 3.63) is 34.7 Å². The summed E-state index contributed by atoms with van der Waals surface area (Å²) in [7, 11) is 1.53. The number of anilines is 1. The van der Waals surface area contributed by atoms with Crippen LogP contribution in [0.1, 0.15) is 77.7 Å². The Hall–Kier alpha value is -3.55. The maximum absolute atomic E-state index is 17.2. The molecule has 3 unspecified atom stereocenters. The molecule has 11 nitrogen and oxygen atoms in total. The highest BCUT2D eigenvalue weighted by molar-refractivity contribution is 6.32. The number of ether oxygens (including phenoxy) is 4. The van der Waals surface area contributed by atoms with Crippen molar-refractivity contribution in [2.45, 2.75) is 102 Å². The number of alkyl halides is 1. The molecule has 4 aliphatic heterocycles. The van der Waals surface area contributed by atoms with E-state index in [0.717, 1.165) is 44.2 Å². The van der Waals surface area contributed by atoms with Gasteiger partial charge in [-0.3, -0.25) is 14.8 Å². The third-order valence-electron chi connectivity index (χ3n) is 11.4. The van der Waals surface area contributed by atoms with Crippen LogP contribution in [0.4, 0.5) is 19.4 Å². The SMILES string of the molecule is COCOc1cc(Cl)c(C2C[C@H]2C)c(-c2ncc3c(N4CC5CCC(C4)N5C(=O)OC(C)(C)C)nc(OC[C@@]45CCCN4C[C@H](F)C5)nc3c2F)c1. The molecule has 5 aliphatic rings. The van der Waals surface area contributed by atoms with Gasteiger partial charge < -0.3 is 23.8 Å². The van der Waals surface area contributed by atoms with Crippen LogP contribution in [-0.2, 0) is 9.47 Å². The molecule has 4 saturated heterocycles. The van der Waals surface area contributed by atoms with Crippen LogP contribution in [0.3, 0.4) is 0 Å². The molecule has 1 aromatic carbocycles. The number of halogens is 3. The highest BCUT2D eigenvalue weighted by Gasteiger charge is 2.50. The molecule has 6 atom stereocenters. The summed E-state index contributed by atoms with van der Waals surface area (Å²) in [6.07, 6.45) is 5.10. The van der Waals surface area contributed by atoms with Gasteiger partial charge in [-0.25, -0.2) is 13.6 Å². The average molecular weight is 741 g/mol. The summed E-state index contributed by atoms with van der Waals surface area (Å²) in [5.41, 5.74) is 0.487. The van der Waals surface area contributed by atoms with E-state index >= 15 is 4.39 Å². The first-order valence-corrected chi connectivity index (χ1v) is 18.8. The predicted octanol–water partition coefficient (Wildman–Crippen LogP) is 7.13. The molecule has 0 N–H and O–H groups in total. The zero-order chi connectivity index (χ0) is 36.5. The molecule has 6 heterocycles. The molecule has 2 aromatic heterocycles. The number of carbonyl (C=O) groups is 1. The first-order valence-electron chi connectivity index (χ1n) is 18.4. The summed E-state index contributed by atoms with van der Waals surface area (Å²) in [5, 5.41) is 0.913. The quantitative estimate of drug-likeness (QED) is 0.211. The fourth-order valence-electron chi connectivity index (χ4n) is 8.95. The molecule has 5 fully saturated rings. The van der Waals surface area contributed by atoms with Crippen molar-refractivity contribution in [1.82, 2.24) is 24.8 Å². The van der Waals surface area contributed by atoms with Gasteiger partial charge >= 0.3 is 12.1 Å². The number of amides is 1. The summed E-state index contributed by atoms with van der Waals surface area (Å²) >= 11 is 6.86. The lowest BCUT2D eigenvalue weighted by Gasteiger charge is -2.42. The third-order valence-corrected chi connectivity index (χ3v) is 11.8. The van der Waals surface area contributed by atoms with E-state index in [4.69, 9.17) is 40.5 Å². The molecule has 1 amide bonds. The molecular weight excluding hydrogens is 694 g/mol. The van der Waals surface area contributed by atoms with E-state index in [1.165, 1.54) is 7.11 Å². The standard InChI is InChI=1S/C38H47ClF2N6O5/c1-21-11-26(21)30-27(12-25(13-29(30)39)51-20-49-5)32-31(41)33-28(15-42-32)34(44-35(43-33)50-19-38-9-6-10-46(38)16-22(40)14-38)45-17-23-7-8-24(18-45)47(23)36(48)52-37(2,3)4/h12-13,15,21-24,26H,6-11,14,16-20H2,1-5H3/t21-,22-,23?,24?,26?,38+/m1/s1.